The Morgan fingerprint density at radius 2 is 1.96 bits per heavy atom. The fraction of sp³-hybridized carbons (Fsp3) is 0.0625. The number of fused-ring (bicyclic) bond motifs is 1. The van der Waals surface area contributed by atoms with Crippen LogP contribution in [0.4, 0.5) is 10.1 Å². The van der Waals surface area contributed by atoms with E-state index in [2.05, 4.69) is 0 Å². The van der Waals surface area contributed by atoms with Crippen LogP contribution >= 0.6 is 0 Å². The molecule has 0 unspecified atom stereocenters. The number of nitro benzene ring substituents is 1. The number of carbonyl (C=O) groups is 1. The predicted octanol–water partition coefficient (Wildman–Crippen LogP) is 3.59. The quantitative estimate of drug-likeness (QED) is 0.591. The fourth-order valence-electron chi connectivity index (χ4n) is 2.73. The Kier molecular flexibility index (Phi) is 3.33. The smallest absolute Gasteiger partial charge is 0.353 e. The summed E-state index contributed by atoms with van der Waals surface area (Å²) in [6, 6.07) is 9.77. The normalized spacial score (nSPS) is 10.9. The van der Waals surface area contributed by atoms with Crippen LogP contribution in [0.5, 0.6) is 0 Å². The zero-order chi connectivity index (χ0) is 16.7. The largest absolute Gasteiger partial charge is 0.477 e. The number of halogens is 1. The van der Waals surface area contributed by atoms with Crippen molar-refractivity contribution in [1.29, 1.82) is 0 Å². The first-order chi connectivity index (χ1) is 10.9. The first kappa shape index (κ1) is 14.7. The summed E-state index contributed by atoms with van der Waals surface area (Å²) < 4.78 is 15.6. The van der Waals surface area contributed by atoms with Crippen molar-refractivity contribution in [1.82, 2.24) is 4.57 Å². The zero-order valence-corrected chi connectivity index (χ0v) is 12.0. The molecule has 1 N–H and O–H groups in total. The van der Waals surface area contributed by atoms with Crippen LogP contribution in [0.1, 0.15) is 10.5 Å². The van der Waals surface area contributed by atoms with Gasteiger partial charge in [0.05, 0.1) is 4.92 Å². The van der Waals surface area contributed by atoms with Crippen molar-refractivity contribution >= 4 is 22.6 Å². The molecule has 3 rings (SSSR count). The van der Waals surface area contributed by atoms with Crippen LogP contribution in [0.3, 0.4) is 0 Å². The molecule has 0 radical (unpaired) electrons. The van der Waals surface area contributed by atoms with Crippen molar-refractivity contribution in [2.75, 3.05) is 0 Å². The SMILES string of the molecule is Cn1c(C(=O)O)c(-c2ccccc2F)c2cc([N+](=O)[O-])ccc21. The van der Waals surface area contributed by atoms with Gasteiger partial charge < -0.3 is 9.67 Å². The highest BCUT2D eigenvalue weighted by Crippen LogP contribution is 2.37. The second-order valence-corrected chi connectivity index (χ2v) is 5.03. The fourth-order valence-corrected chi connectivity index (χ4v) is 2.73. The molecule has 0 aliphatic rings. The summed E-state index contributed by atoms with van der Waals surface area (Å²) in [6.07, 6.45) is 0. The third-order valence-corrected chi connectivity index (χ3v) is 3.74. The lowest BCUT2D eigenvalue weighted by molar-refractivity contribution is -0.384. The topological polar surface area (TPSA) is 85.4 Å². The molecular weight excluding hydrogens is 303 g/mol. The number of rotatable bonds is 3. The number of aromatic carboxylic acids is 1. The lowest BCUT2D eigenvalue weighted by Crippen LogP contribution is -2.06. The third kappa shape index (κ3) is 2.22. The van der Waals surface area contributed by atoms with E-state index in [0.717, 1.165) is 0 Å². The highest BCUT2D eigenvalue weighted by Gasteiger charge is 2.25. The van der Waals surface area contributed by atoms with Crippen molar-refractivity contribution in [2.45, 2.75) is 0 Å². The molecule has 6 nitrogen and oxygen atoms in total. The second kappa shape index (κ2) is 5.20. The number of hydrogen-bond acceptors (Lipinski definition) is 3. The molecule has 1 aromatic heterocycles. The predicted molar refractivity (Wildman–Crippen MR) is 81.9 cm³/mol. The van der Waals surface area contributed by atoms with E-state index >= 15 is 0 Å². The minimum Gasteiger partial charge on any atom is -0.477 e. The van der Waals surface area contributed by atoms with E-state index in [0.29, 0.717) is 10.9 Å². The lowest BCUT2D eigenvalue weighted by atomic mass is 10.0. The second-order valence-electron chi connectivity index (χ2n) is 5.03. The summed E-state index contributed by atoms with van der Waals surface area (Å²) in [6.45, 7) is 0. The van der Waals surface area contributed by atoms with Gasteiger partial charge in [-0.15, -0.1) is 0 Å². The highest BCUT2D eigenvalue weighted by atomic mass is 19.1. The number of carboxylic acid groups (broad SMARTS) is 1. The Morgan fingerprint density at radius 3 is 2.57 bits per heavy atom. The van der Waals surface area contributed by atoms with Gasteiger partial charge in [-0.25, -0.2) is 9.18 Å². The third-order valence-electron chi connectivity index (χ3n) is 3.74. The van der Waals surface area contributed by atoms with Crippen molar-refractivity contribution in [3.05, 3.63) is 64.1 Å². The van der Waals surface area contributed by atoms with Crippen LogP contribution in [0, 0.1) is 15.9 Å². The zero-order valence-electron chi connectivity index (χ0n) is 12.0. The van der Waals surface area contributed by atoms with Crippen LogP contribution in [-0.2, 0) is 7.05 Å². The lowest BCUT2D eigenvalue weighted by Gasteiger charge is -2.04. The number of benzene rings is 2. The Bertz CT molecular complexity index is 962. The van der Waals surface area contributed by atoms with Gasteiger partial charge in [0.15, 0.2) is 0 Å². The molecule has 0 bridgehead atoms. The molecule has 0 aliphatic carbocycles. The molecule has 116 valence electrons. The van der Waals surface area contributed by atoms with E-state index in [1.54, 1.807) is 6.07 Å². The average Bonchev–Trinajstić information content (AvgIpc) is 2.80. The number of nitrogens with zero attached hydrogens (tertiary/aromatic N) is 2. The van der Waals surface area contributed by atoms with Crippen molar-refractivity contribution < 1.29 is 19.2 Å². The Balaban J connectivity index is 2.48. The van der Waals surface area contributed by atoms with Gasteiger partial charge in [0, 0.05) is 41.2 Å². The molecule has 0 saturated heterocycles. The Morgan fingerprint density at radius 1 is 1.26 bits per heavy atom. The van der Waals surface area contributed by atoms with Crippen molar-refractivity contribution in [3.8, 4) is 11.1 Å². The van der Waals surface area contributed by atoms with E-state index in [9.17, 15) is 24.4 Å². The number of carboxylic acids is 1. The van der Waals surface area contributed by atoms with E-state index in [-0.39, 0.29) is 22.5 Å². The van der Waals surface area contributed by atoms with Crippen molar-refractivity contribution in [3.63, 3.8) is 0 Å². The molecule has 0 atom stereocenters. The molecule has 0 fully saturated rings. The van der Waals surface area contributed by atoms with Gasteiger partial charge in [-0.1, -0.05) is 18.2 Å². The summed E-state index contributed by atoms with van der Waals surface area (Å²) in [5, 5.41) is 20.8. The van der Waals surface area contributed by atoms with Gasteiger partial charge in [-0.2, -0.15) is 0 Å². The van der Waals surface area contributed by atoms with Gasteiger partial charge in [-0.05, 0) is 12.1 Å². The van der Waals surface area contributed by atoms with Gasteiger partial charge in [0.25, 0.3) is 5.69 Å². The summed E-state index contributed by atoms with van der Waals surface area (Å²) >= 11 is 0. The number of aryl methyl sites for hydroxylation is 1. The first-order valence-corrected chi connectivity index (χ1v) is 6.67. The molecule has 3 aromatic rings. The number of aromatic nitrogens is 1. The van der Waals surface area contributed by atoms with E-state index in [1.165, 1.54) is 48.0 Å². The summed E-state index contributed by atoms with van der Waals surface area (Å²) in [5.41, 5.74) is 0.405. The minimum absolute atomic E-state index is 0.0935. The summed E-state index contributed by atoms with van der Waals surface area (Å²) in [4.78, 5) is 22.1. The van der Waals surface area contributed by atoms with Crippen LogP contribution in [0.2, 0.25) is 0 Å². The summed E-state index contributed by atoms with van der Waals surface area (Å²) in [5.74, 6) is -1.82. The van der Waals surface area contributed by atoms with Gasteiger partial charge >= 0.3 is 5.97 Å². The molecule has 0 spiro atoms. The summed E-state index contributed by atoms with van der Waals surface area (Å²) in [7, 11) is 1.53. The van der Waals surface area contributed by atoms with E-state index in [4.69, 9.17) is 0 Å². The number of non-ortho nitro benzene ring substituents is 1. The Hall–Kier alpha value is -3.22. The highest BCUT2D eigenvalue weighted by molar-refractivity contribution is 6.08. The average molecular weight is 314 g/mol. The maximum Gasteiger partial charge on any atom is 0.353 e. The molecule has 2 aromatic carbocycles. The van der Waals surface area contributed by atoms with Crippen molar-refractivity contribution in [2.24, 2.45) is 7.05 Å². The first-order valence-electron chi connectivity index (χ1n) is 6.67. The van der Waals surface area contributed by atoms with Crippen LogP contribution in [0.15, 0.2) is 42.5 Å². The minimum atomic E-state index is -1.23. The van der Waals surface area contributed by atoms with Gasteiger partial charge in [0.2, 0.25) is 0 Å². The van der Waals surface area contributed by atoms with E-state index in [1.807, 2.05) is 0 Å². The van der Waals surface area contributed by atoms with Crippen LogP contribution in [-0.4, -0.2) is 20.6 Å². The molecule has 23 heavy (non-hydrogen) atoms. The van der Waals surface area contributed by atoms with Crippen LogP contribution in [0.25, 0.3) is 22.0 Å². The number of nitro groups is 1. The maximum absolute atomic E-state index is 14.2. The molecule has 0 aliphatic heterocycles. The van der Waals surface area contributed by atoms with E-state index < -0.39 is 16.7 Å². The molecule has 1 heterocycles. The Labute approximate surface area is 129 Å². The standard InChI is InChI=1S/C16H11FN2O4/c1-18-13-7-6-9(19(22)23)8-11(13)14(15(18)16(20)21)10-4-2-3-5-12(10)17/h2-8H,1H3,(H,20,21). The van der Waals surface area contributed by atoms with Gasteiger partial charge in [-0.3, -0.25) is 10.1 Å². The molecular formula is C16H11FN2O4. The van der Waals surface area contributed by atoms with Crippen LogP contribution < -0.4 is 0 Å². The maximum atomic E-state index is 14.2. The molecule has 7 heteroatoms. The molecule has 0 saturated carbocycles. The monoisotopic (exact) mass is 314 g/mol. The van der Waals surface area contributed by atoms with Gasteiger partial charge in [0.1, 0.15) is 11.5 Å². The molecule has 0 amide bonds. The number of hydrogen-bond donors (Lipinski definition) is 1.